The molecule has 0 saturated heterocycles. The lowest BCUT2D eigenvalue weighted by molar-refractivity contribution is 0.205. The van der Waals surface area contributed by atoms with Crippen LogP contribution >= 0.6 is 0 Å². The first-order valence-electron chi connectivity index (χ1n) is 5.65. The van der Waals surface area contributed by atoms with Crippen molar-refractivity contribution in [3.8, 4) is 0 Å². The van der Waals surface area contributed by atoms with E-state index in [0.717, 1.165) is 0 Å². The largest absolute Gasteiger partial charge is 0.409 e. The molecule has 0 atom stereocenters. The number of halogens is 1. The number of hydrogen-bond acceptors (Lipinski definition) is 4. The van der Waals surface area contributed by atoms with Crippen molar-refractivity contribution >= 4 is 11.5 Å². The van der Waals surface area contributed by atoms with Crippen molar-refractivity contribution < 1.29 is 14.3 Å². The summed E-state index contributed by atoms with van der Waals surface area (Å²) in [7, 11) is 1.61. The minimum atomic E-state index is -0.428. The van der Waals surface area contributed by atoms with Gasteiger partial charge in [-0.2, -0.15) is 0 Å². The van der Waals surface area contributed by atoms with E-state index in [-0.39, 0.29) is 5.84 Å². The van der Waals surface area contributed by atoms with Crippen LogP contribution in [0.3, 0.4) is 0 Å². The topological polar surface area (TPSA) is 71.1 Å². The molecule has 0 saturated carbocycles. The molecule has 0 amide bonds. The molecule has 0 aromatic heterocycles. The molecule has 0 bridgehead atoms. The van der Waals surface area contributed by atoms with E-state index in [0.29, 0.717) is 30.9 Å². The van der Waals surface area contributed by atoms with Crippen molar-refractivity contribution in [3.63, 3.8) is 0 Å². The first-order valence-corrected chi connectivity index (χ1v) is 5.65. The van der Waals surface area contributed by atoms with Crippen LogP contribution in [-0.4, -0.2) is 37.8 Å². The summed E-state index contributed by atoms with van der Waals surface area (Å²) in [6, 6.07) is 4.21. The molecule has 1 rings (SSSR count). The molecule has 0 unspecified atom stereocenters. The second-order valence-corrected chi connectivity index (χ2v) is 3.72. The highest BCUT2D eigenvalue weighted by atomic mass is 19.1. The standard InChI is InChI=1S/C12H18FN3O2/c1-3-16(6-7-18-2)11-5-4-9(13)8-10(11)12(14)15-17/h4-5,8,17H,3,6-7H2,1-2H3,(H2,14,15). The second kappa shape index (κ2) is 6.80. The number of anilines is 1. The van der Waals surface area contributed by atoms with Gasteiger partial charge in [0.25, 0.3) is 0 Å². The monoisotopic (exact) mass is 255 g/mol. The number of hydrogen-bond donors (Lipinski definition) is 2. The molecular weight excluding hydrogens is 237 g/mol. The Morgan fingerprint density at radius 3 is 2.83 bits per heavy atom. The van der Waals surface area contributed by atoms with E-state index in [1.165, 1.54) is 12.1 Å². The molecular formula is C12H18FN3O2. The van der Waals surface area contributed by atoms with Gasteiger partial charge >= 0.3 is 0 Å². The van der Waals surface area contributed by atoms with Gasteiger partial charge in [-0.3, -0.25) is 0 Å². The zero-order valence-electron chi connectivity index (χ0n) is 10.6. The lowest BCUT2D eigenvalue weighted by Crippen LogP contribution is -2.29. The SMILES string of the molecule is CCN(CCOC)c1ccc(F)cc1C(N)=NO. The quantitative estimate of drug-likeness (QED) is 0.349. The first-order chi connectivity index (χ1) is 8.63. The summed E-state index contributed by atoms with van der Waals surface area (Å²) >= 11 is 0. The van der Waals surface area contributed by atoms with Crippen molar-refractivity contribution in [1.29, 1.82) is 0 Å². The lowest BCUT2D eigenvalue weighted by Gasteiger charge is -2.25. The second-order valence-electron chi connectivity index (χ2n) is 3.72. The molecule has 0 aliphatic carbocycles. The predicted molar refractivity (Wildman–Crippen MR) is 68.7 cm³/mol. The average molecular weight is 255 g/mol. The summed E-state index contributed by atoms with van der Waals surface area (Å²) in [5.41, 5.74) is 6.65. The third-order valence-corrected chi connectivity index (χ3v) is 2.63. The number of ether oxygens (including phenoxy) is 1. The van der Waals surface area contributed by atoms with Gasteiger partial charge in [0.05, 0.1) is 6.61 Å². The van der Waals surface area contributed by atoms with E-state index >= 15 is 0 Å². The number of likely N-dealkylation sites (N-methyl/N-ethyl adjacent to an activating group) is 1. The van der Waals surface area contributed by atoms with Crippen LogP contribution in [0.1, 0.15) is 12.5 Å². The van der Waals surface area contributed by atoms with E-state index in [9.17, 15) is 4.39 Å². The third kappa shape index (κ3) is 3.33. The first kappa shape index (κ1) is 14.2. The molecule has 0 aliphatic heterocycles. The van der Waals surface area contributed by atoms with E-state index in [2.05, 4.69) is 5.16 Å². The van der Waals surface area contributed by atoms with Gasteiger partial charge in [-0.25, -0.2) is 4.39 Å². The minimum absolute atomic E-state index is 0.111. The maximum Gasteiger partial charge on any atom is 0.172 e. The molecule has 0 aliphatic rings. The summed E-state index contributed by atoms with van der Waals surface area (Å²) in [5, 5.41) is 11.7. The highest BCUT2D eigenvalue weighted by Crippen LogP contribution is 2.21. The normalized spacial score (nSPS) is 11.6. The Labute approximate surface area is 106 Å². The Hall–Kier alpha value is -1.82. The van der Waals surface area contributed by atoms with Gasteiger partial charge in [0.1, 0.15) is 5.82 Å². The van der Waals surface area contributed by atoms with Crippen LogP contribution in [0.2, 0.25) is 0 Å². The van der Waals surface area contributed by atoms with Crippen molar-refractivity contribution in [3.05, 3.63) is 29.6 Å². The summed E-state index contributed by atoms with van der Waals surface area (Å²) in [4.78, 5) is 1.97. The fourth-order valence-electron chi connectivity index (χ4n) is 1.69. The van der Waals surface area contributed by atoms with Gasteiger partial charge in [-0.15, -0.1) is 0 Å². The Bertz CT molecular complexity index is 424. The molecule has 0 heterocycles. The van der Waals surface area contributed by atoms with Crippen LogP contribution < -0.4 is 10.6 Å². The molecule has 1 aromatic rings. The van der Waals surface area contributed by atoms with Crippen LogP contribution in [0.4, 0.5) is 10.1 Å². The van der Waals surface area contributed by atoms with E-state index in [1.807, 2.05) is 11.8 Å². The van der Waals surface area contributed by atoms with Gasteiger partial charge in [-0.05, 0) is 25.1 Å². The van der Waals surface area contributed by atoms with E-state index in [4.69, 9.17) is 15.7 Å². The summed E-state index contributed by atoms with van der Waals surface area (Å²) in [6.07, 6.45) is 0. The number of methoxy groups -OCH3 is 1. The van der Waals surface area contributed by atoms with E-state index in [1.54, 1.807) is 13.2 Å². The van der Waals surface area contributed by atoms with Gasteiger partial charge < -0.3 is 20.6 Å². The van der Waals surface area contributed by atoms with Crippen LogP contribution in [0.25, 0.3) is 0 Å². The number of oxime groups is 1. The number of rotatable bonds is 6. The highest BCUT2D eigenvalue weighted by molar-refractivity contribution is 6.02. The molecule has 0 radical (unpaired) electrons. The highest BCUT2D eigenvalue weighted by Gasteiger charge is 2.13. The number of nitrogens with zero attached hydrogens (tertiary/aromatic N) is 2. The van der Waals surface area contributed by atoms with Gasteiger partial charge in [0.15, 0.2) is 5.84 Å². The summed E-state index contributed by atoms with van der Waals surface area (Å²) in [6.45, 7) is 3.86. The number of benzene rings is 1. The minimum Gasteiger partial charge on any atom is -0.409 e. The maximum atomic E-state index is 13.2. The molecule has 5 nitrogen and oxygen atoms in total. The fourth-order valence-corrected chi connectivity index (χ4v) is 1.69. The van der Waals surface area contributed by atoms with Gasteiger partial charge in [0.2, 0.25) is 0 Å². The number of amidine groups is 1. The van der Waals surface area contributed by atoms with Crippen LogP contribution in [0.15, 0.2) is 23.4 Å². The molecule has 18 heavy (non-hydrogen) atoms. The predicted octanol–water partition coefficient (Wildman–Crippen LogP) is 1.39. The van der Waals surface area contributed by atoms with Crippen molar-refractivity contribution in [1.82, 2.24) is 0 Å². The smallest absolute Gasteiger partial charge is 0.172 e. The fraction of sp³-hybridized carbons (Fsp3) is 0.417. The van der Waals surface area contributed by atoms with Gasteiger partial charge in [0, 0.05) is 31.5 Å². The third-order valence-electron chi connectivity index (χ3n) is 2.63. The van der Waals surface area contributed by atoms with Crippen molar-refractivity contribution in [2.45, 2.75) is 6.92 Å². The molecule has 0 fully saturated rings. The maximum absolute atomic E-state index is 13.2. The Morgan fingerprint density at radius 2 is 2.28 bits per heavy atom. The Morgan fingerprint density at radius 1 is 1.56 bits per heavy atom. The Balaban J connectivity index is 3.12. The van der Waals surface area contributed by atoms with Crippen LogP contribution in [0.5, 0.6) is 0 Å². The van der Waals surface area contributed by atoms with Gasteiger partial charge in [-0.1, -0.05) is 5.16 Å². The number of nitrogens with two attached hydrogens (primary N) is 1. The van der Waals surface area contributed by atoms with Crippen LogP contribution in [-0.2, 0) is 4.74 Å². The zero-order chi connectivity index (χ0) is 13.5. The lowest BCUT2D eigenvalue weighted by atomic mass is 10.1. The molecule has 1 aromatic carbocycles. The molecule has 6 heteroatoms. The van der Waals surface area contributed by atoms with E-state index < -0.39 is 5.82 Å². The van der Waals surface area contributed by atoms with Crippen LogP contribution in [0, 0.1) is 5.82 Å². The molecule has 0 spiro atoms. The summed E-state index contributed by atoms with van der Waals surface area (Å²) < 4.78 is 18.2. The van der Waals surface area contributed by atoms with Crippen molar-refractivity contribution in [2.24, 2.45) is 10.9 Å². The van der Waals surface area contributed by atoms with Crippen molar-refractivity contribution in [2.75, 3.05) is 31.7 Å². The molecule has 3 N–H and O–H groups in total. The zero-order valence-corrected chi connectivity index (χ0v) is 10.6. The average Bonchev–Trinajstić information content (AvgIpc) is 2.39. The summed E-state index contributed by atoms with van der Waals surface area (Å²) in [5.74, 6) is -0.538. The molecule has 100 valence electrons. The Kier molecular flexibility index (Phi) is 5.38.